The van der Waals surface area contributed by atoms with E-state index in [2.05, 4.69) is 12.7 Å². The largest absolute Gasteiger partial charge is 0.459 e. The first-order valence-corrected chi connectivity index (χ1v) is 20.8. The van der Waals surface area contributed by atoms with Gasteiger partial charge in [0.05, 0.1) is 18.2 Å². The summed E-state index contributed by atoms with van der Waals surface area (Å²) in [7, 11) is 0. The van der Waals surface area contributed by atoms with E-state index in [0.29, 0.717) is 55.2 Å². The van der Waals surface area contributed by atoms with Gasteiger partial charge < -0.3 is 34.0 Å². The van der Waals surface area contributed by atoms with Gasteiger partial charge in [-0.25, -0.2) is 4.79 Å². The van der Waals surface area contributed by atoms with Crippen LogP contribution >= 0.6 is 0 Å². The van der Waals surface area contributed by atoms with Crippen molar-refractivity contribution in [2.75, 3.05) is 33.0 Å². The lowest BCUT2D eigenvalue weighted by Crippen LogP contribution is -2.70. The number of ether oxygens (including phenoxy) is 4. The Balaban J connectivity index is 1.55. The molecule has 0 radical (unpaired) electrons. The van der Waals surface area contributed by atoms with Crippen LogP contribution in [-0.4, -0.2) is 78.0 Å². The summed E-state index contributed by atoms with van der Waals surface area (Å²) in [6, 6.07) is 21.7. The van der Waals surface area contributed by atoms with Crippen LogP contribution in [0, 0.1) is 17.8 Å². The highest BCUT2D eigenvalue weighted by atomic mass is 16.7. The quantitative estimate of drug-likeness (QED) is 0.0469. The van der Waals surface area contributed by atoms with Gasteiger partial charge in [-0.2, -0.15) is 0 Å². The number of carbonyl (C=O) groups is 2. The van der Waals surface area contributed by atoms with E-state index in [1.165, 1.54) is 0 Å². The highest BCUT2D eigenvalue weighted by Crippen LogP contribution is 2.62. The summed E-state index contributed by atoms with van der Waals surface area (Å²) >= 11 is 0. The number of oxime groups is 1. The number of aldehydes is 1. The zero-order valence-corrected chi connectivity index (χ0v) is 33.8. The second-order valence-corrected chi connectivity index (χ2v) is 15.2. The highest BCUT2D eigenvalue weighted by molar-refractivity contribution is 6.03. The summed E-state index contributed by atoms with van der Waals surface area (Å²) in [6.07, 6.45) is 9.88. The van der Waals surface area contributed by atoms with E-state index >= 15 is 0 Å². The monoisotopic (exact) mass is 794 g/mol. The van der Waals surface area contributed by atoms with Gasteiger partial charge in [0.15, 0.2) is 0 Å². The SMILES string of the molecule is C=CCO[C@@]12Oc3ccc(Oc4cccc(C=O)c4)cc3[C@H]3[C@H](CCCCO)[C@@H](CCCCO)C=C(C(=NOCC)C[C@@H]1N(CCC)C(=O)OCc1ccccc1)[C@H]32. The predicted octanol–water partition coefficient (Wildman–Crippen LogP) is 8.99. The van der Waals surface area contributed by atoms with Crippen LogP contribution in [-0.2, 0) is 20.9 Å². The number of fused-ring (bicyclic) bond motifs is 2. The lowest BCUT2D eigenvalue weighted by atomic mass is 9.55. The van der Waals surface area contributed by atoms with E-state index in [9.17, 15) is 19.8 Å². The number of benzene rings is 3. The van der Waals surface area contributed by atoms with E-state index in [-0.39, 0.29) is 50.6 Å². The first-order chi connectivity index (χ1) is 28.4. The number of nitrogens with zero attached hydrogens (tertiary/aromatic N) is 2. The van der Waals surface area contributed by atoms with Crippen molar-refractivity contribution >= 4 is 18.1 Å². The highest BCUT2D eigenvalue weighted by Gasteiger charge is 2.65. The Bertz CT molecular complexity index is 1900. The molecule has 0 aromatic heterocycles. The molecular formula is C47H58N2O9. The Hall–Kier alpha value is -4.97. The molecule has 3 aromatic carbocycles. The molecule has 1 amide bonds. The number of amides is 1. The summed E-state index contributed by atoms with van der Waals surface area (Å²) in [5.74, 6) is -0.191. The van der Waals surface area contributed by atoms with Crippen LogP contribution in [0.1, 0.15) is 92.6 Å². The molecule has 3 aliphatic rings. The van der Waals surface area contributed by atoms with Gasteiger partial charge in [0.2, 0.25) is 5.79 Å². The molecule has 0 saturated heterocycles. The first kappa shape index (κ1) is 42.6. The maximum atomic E-state index is 14.4. The van der Waals surface area contributed by atoms with Crippen molar-refractivity contribution in [1.82, 2.24) is 4.90 Å². The molecule has 0 unspecified atom stereocenters. The maximum Gasteiger partial charge on any atom is 0.410 e. The Morgan fingerprint density at radius 3 is 2.48 bits per heavy atom. The van der Waals surface area contributed by atoms with Gasteiger partial charge in [0.25, 0.3) is 0 Å². The summed E-state index contributed by atoms with van der Waals surface area (Å²) in [5.41, 5.74) is 4.00. The molecule has 310 valence electrons. The third-order valence-electron chi connectivity index (χ3n) is 11.5. The second-order valence-electron chi connectivity index (χ2n) is 15.2. The summed E-state index contributed by atoms with van der Waals surface area (Å²) in [5, 5.41) is 24.5. The molecule has 0 bridgehead atoms. The number of allylic oxidation sites excluding steroid dienone is 1. The van der Waals surface area contributed by atoms with E-state index < -0.39 is 23.8 Å². The second kappa shape index (κ2) is 20.6. The van der Waals surface area contributed by atoms with Gasteiger partial charge in [-0.05, 0) is 92.3 Å². The predicted molar refractivity (Wildman–Crippen MR) is 222 cm³/mol. The molecule has 3 aromatic rings. The van der Waals surface area contributed by atoms with Gasteiger partial charge in [-0.1, -0.05) is 79.5 Å². The fourth-order valence-electron chi connectivity index (χ4n) is 9.06. The fourth-order valence-corrected chi connectivity index (χ4v) is 9.06. The third kappa shape index (κ3) is 9.49. The lowest BCUT2D eigenvalue weighted by molar-refractivity contribution is -0.255. The minimum absolute atomic E-state index is 0.0544. The zero-order valence-electron chi connectivity index (χ0n) is 33.8. The molecule has 1 heterocycles. The van der Waals surface area contributed by atoms with Gasteiger partial charge >= 0.3 is 6.09 Å². The van der Waals surface area contributed by atoms with Crippen molar-refractivity contribution in [3.63, 3.8) is 0 Å². The van der Waals surface area contributed by atoms with Crippen LogP contribution in [0.4, 0.5) is 4.79 Å². The van der Waals surface area contributed by atoms with Crippen LogP contribution in [0.2, 0.25) is 0 Å². The number of aliphatic hydroxyl groups excluding tert-OH is 2. The Labute approximate surface area is 342 Å². The average molecular weight is 795 g/mol. The Kier molecular flexibility index (Phi) is 15.2. The van der Waals surface area contributed by atoms with E-state index in [0.717, 1.165) is 54.4 Å². The number of rotatable bonds is 21. The van der Waals surface area contributed by atoms with Crippen molar-refractivity contribution in [2.45, 2.75) is 89.6 Å². The summed E-state index contributed by atoms with van der Waals surface area (Å²) in [4.78, 5) is 33.6. The van der Waals surface area contributed by atoms with E-state index in [1.807, 2.05) is 68.4 Å². The van der Waals surface area contributed by atoms with Crippen LogP contribution in [0.15, 0.2) is 102 Å². The molecule has 6 rings (SSSR count). The summed E-state index contributed by atoms with van der Waals surface area (Å²) in [6.45, 7) is 9.13. The smallest absolute Gasteiger partial charge is 0.410 e. The summed E-state index contributed by atoms with van der Waals surface area (Å²) < 4.78 is 26.7. The normalized spacial score (nSPS) is 23.8. The Morgan fingerprint density at radius 1 is 0.983 bits per heavy atom. The zero-order chi connectivity index (χ0) is 40.9. The van der Waals surface area contributed by atoms with Gasteiger partial charge in [0, 0.05) is 43.2 Å². The van der Waals surface area contributed by atoms with Crippen molar-refractivity contribution < 1.29 is 43.6 Å². The van der Waals surface area contributed by atoms with Gasteiger partial charge in [-0.3, -0.25) is 9.69 Å². The topological polar surface area (TPSA) is 136 Å². The molecule has 11 heteroatoms. The van der Waals surface area contributed by atoms with Crippen LogP contribution in [0.5, 0.6) is 17.2 Å². The molecule has 1 aliphatic heterocycles. The first-order valence-electron chi connectivity index (χ1n) is 20.8. The minimum Gasteiger partial charge on any atom is -0.459 e. The average Bonchev–Trinajstić information content (AvgIpc) is 3.25. The van der Waals surface area contributed by atoms with Crippen molar-refractivity contribution in [2.24, 2.45) is 22.9 Å². The molecule has 1 saturated carbocycles. The fraction of sp³-hybridized carbons (Fsp3) is 0.468. The number of carbonyl (C=O) groups excluding carboxylic acids is 2. The molecule has 58 heavy (non-hydrogen) atoms. The number of hydrogen-bond donors (Lipinski definition) is 2. The third-order valence-corrected chi connectivity index (χ3v) is 11.5. The standard InChI is InChI=1S/C47H58N2O9/c1-4-23-49(46(53)54-32-33-15-8-7-9-16-33)43-30-41(48-56-6-3)39-28-35(18-10-12-24-50)38(20-11-13-25-51)44-40-29-37(57-36-19-14-17-34(27-36)31-52)21-22-42(40)58-47(43,45(39)44)55-26-5-2/h5,7-9,14-17,19,21-22,27-29,31,35,38,43-45,50-51H,2,4,6,10-13,18,20,23-26,30,32H2,1,3H3/t35-,38+,43-,44+,45+,47+/m0/s1. The van der Waals surface area contributed by atoms with Crippen LogP contribution in [0.25, 0.3) is 0 Å². The molecule has 0 spiro atoms. The minimum atomic E-state index is -1.39. The number of unbranched alkanes of at least 4 members (excludes halogenated alkanes) is 2. The van der Waals surface area contributed by atoms with Crippen LogP contribution in [0.3, 0.4) is 0 Å². The lowest BCUT2D eigenvalue weighted by Gasteiger charge is -2.59. The Morgan fingerprint density at radius 2 is 1.76 bits per heavy atom. The van der Waals surface area contributed by atoms with Crippen molar-refractivity contribution in [3.05, 3.63) is 114 Å². The van der Waals surface area contributed by atoms with E-state index in [4.69, 9.17) is 28.9 Å². The number of hydrogen-bond acceptors (Lipinski definition) is 10. The van der Waals surface area contributed by atoms with Crippen molar-refractivity contribution in [1.29, 1.82) is 0 Å². The van der Waals surface area contributed by atoms with Gasteiger partial charge in [0.1, 0.15) is 42.8 Å². The molecule has 2 aliphatic carbocycles. The van der Waals surface area contributed by atoms with Crippen LogP contribution < -0.4 is 9.47 Å². The maximum absolute atomic E-state index is 14.4. The molecule has 2 N–H and O–H groups in total. The molecule has 6 atom stereocenters. The molecule has 1 fully saturated rings. The van der Waals surface area contributed by atoms with E-state index in [1.54, 1.807) is 29.2 Å². The molecule has 11 nitrogen and oxygen atoms in total. The van der Waals surface area contributed by atoms with Gasteiger partial charge in [-0.15, -0.1) is 6.58 Å². The van der Waals surface area contributed by atoms with Crippen molar-refractivity contribution in [3.8, 4) is 17.2 Å². The molecular weight excluding hydrogens is 737 g/mol. The number of aliphatic hydroxyl groups is 2.